The molecule has 1 aliphatic rings. The van der Waals surface area contributed by atoms with E-state index >= 15 is 0 Å². The first kappa shape index (κ1) is 12.3. The van der Waals surface area contributed by atoms with Crippen molar-refractivity contribution in [1.29, 1.82) is 0 Å². The lowest BCUT2D eigenvalue weighted by molar-refractivity contribution is -0.130. The maximum atomic E-state index is 11.7. The van der Waals surface area contributed by atoms with Crippen molar-refractivity contribution in [2.24, 2.45) is 0 Å². The number of anilines is 1. The quantitative estimate of drug-likeness (QED) is 0.895. The first-order valence-electron chi connectivity index (χ1n) is 5.93. The van der Waals surface area contributed by atoms with Gasteiger partial charge in [-0.25, -0.2) is 0 Å². The van der Waals surface area contributed by atoms with Gasteiger partial charge in [0.25, 0.3) is 0 Å². The van der Waals surface area contributed by atoms with Crippen molar-refractivity contribution >= 4 is 23.4 Å². The summed E-state index contributed by atoms with van der Waals surface area (Å²) in [5, 5.41) is 3.50. The van der Waals surface area contributed by atoms with Gasteiger partial charge in [0.1, 0.15) is 0 Å². The van der Waals surface area contributed by atoms with E-state index in [1.54, 1.807) is 6.92 Å². The van der Waals surface area contributed by atoms with Crippen LogP contribution in [0, 0.1) is 0 Å². The Morgan fingerprint density at radius 3 is 2.76 bits per heavy atom. The predicted octanol–water partition coefficient (Wildman–Crippen LogP) is 2.76. The molecule has 1 aliphatic heterocycles. The van der Waals surface area contributed by atoms with Crippen LogP contribution in [0.25, 0.3) is 0 Å². The lowest BCUT2D eigenvalue weighted by Crippen LogP contribution is -2.50. The van der Waals surface area contributed by atoms with Crippen LogP contribution in [0.4, 0.5) is 5.69 Å². The number of nitrogens with zero attached hydrogens (tertiary/aromatic N) is 1. The molecule has 1 fully saturated rings. The molecule has 0 bridgehead atoms. The van der Waals surface area contributed by atoms with Gasteiger partial charge in [-0.15, -0.1) is 11.8 Å². The third kappa shape index (κ3) is 2.41. The normalized spacial score (nSPS) is 23.8. The van der Waals surface area contributed by atoms with Crippen LogP contribution in [0.3, 0.4) is 0 Å². The van der Waals surface area contributed by atoms with Crippen molar-refractivity contribution in [3.63, 3.8) is 0 Å². The number of hydrogen-bond acceptors (Lipinski definition) is 3. The number of carbonyl (C=O) groups excluding carboxylic acids is 1. The maximum absolute atomic E-state index is 11.7. The summed E-state index contributed by atoms with van der Waals surface area (Å²) < 4.78 is 0. The Bertz CT molecular complexity index is 396. The highest BCUT2D eigenvalue weighted by atomic mass is 32.2. The predicted molar refractivity (Wildman–Crippen MR) is 72.9 cm³/mol. The Labute approximate surface area is 107 Å². The fourth-order valence-electron chi connectivity index (χ4n) is 2.21. The molecule has 3 nitrogen and oxygen atoms in total. The molecule has 4 heteroatoms. The minimum Gasteiger partial charge on any atom is -0.354 e. The third-order valence-electron chi connectivity index (χ3n) is 3.06. The van der Waals surface area contributed by atoms with Crippen LogP contribution in [0.5, 0.6) is 0 Å². The van der Waals surface area contributed by atoms with E-state index in [0.717, 1.165) is 24.4 Å². The lowest BCUT2D eigenvalue weighted by Gasteiger charge is -2.37. The summed E-state index contributed by atoms with van der Waals surface area (Å²) in [6.45, 7) is 4.58. The summed E-state index contributed by atoms with van der Waals surface area (Å²) in [6.07, 6.45) is 0.895. The number of para-hydroxylation sites is 1. The van der Waals surface area contributed by atoms with Gasteiger partial charge in [0, 0.05) is 24.9 Å². The van der Waals surface area contributed by atoms with Crippen LogP contribution >= 0.6 is 11.8 Å². The summed E-state index contributed by atoms with van der Waals surface area (Å²) >= 11 is 1.82. The summed E-state index contributed by atoms with van der Waals surface area (Å²) in [5.41, 5.74) is 1.06. The molecule has 0 aliphatic carbocycles. The van der Waals surface area contributed by atoms with Gasteiger partial charge in [-0.1, -0.05) is 25.1 Å². The molecule has 17 heavy (non-hydrogen) atoms. The van der Waals surface area contributed by atoms with Crippen molar-refractivity contribution in [2.45, 2.75) is 25.3 Å². The zero-order valence-corrected chi connectivity index (χ0v) is 11.1. The SMILES string of the molecule is CCC1(Nc2ccccc2)SCCN1C(C)=O. The van der Waals surface area contributed by atoms with Gasteiger partial charge in [-0.05, 0) is 18.6 Å². The fraction of sp³-hybridized carbons (Fsp3) is 0.462. The van der Waals surface area contributed by atoms with Gasteiger partial charge < -0.3 is 10.2 Å². The number of rotatable bonds is 3. The van der Waals surface area contributed by atoms with Crippen molar-refractivity contribution < 1.29 is 4.79 Å². The zero-order chi connectivity index (χ0) is 12.3. The van der Waals surface area contributed by atoms with Gasteiger partial charge in [0.15, 0.2) is 4.99 Å². The van der Waals surface area contributed by atoms with Crippen LogP contribution in [-0.4, -0.2) is 28.1 Å². The number of hydrogen-bond donors (Lipinski definition) is 1. The Morgan fingerprint density at radius 2 is 2.18 bits per heavy atom. The minimum absolute atomic E-state index is 0.139. The Morgan fingerprint density at radius 1 is 1.47 bits per heavy atom. The van der Waals surface area contributed by atoms with Gasteiger partial charge >= 0.3 is 0 Å². The fourth-order valence-corrected chi connectivity index (χ4v) is 3.59. The molecule has 0 radical (unpaired) electrons. The van der Waals surface area contributed by atoms with E-state index in [0.29, 0.717) is 0 Å². The highest BCUT2D eigenvalue weighted by molar-refractivity contribution is 8.01. The highest BCUT2D eigenvalue weighted by Gasteiger charge is 2.41. The van der Waals surface area contributed by atoms with Crippen LogP contribution in [-0.2, 0) is 4.79 Å². The van der Waals surface area contributed by atoms with E-state index < -0.39 is 0 Å². The molecule has 0 spiro atoms. The van der Waals surface area contributed by atoms with E-state index in [-0.39, 0.29) is 10.9 Å². The van der Waals surface area contributed by atoms with Crippen molar-refractivity contribution in [3.05, 3.63) is 30.3 Å². The summed E-state index contributed by atoms with van der Waals surface area (Å²) in [6, 6.07) is 10.1. The van der Waals surface area contributed by atoms with Crippen LogP contribution < -0.4 is 5.32 Å². The van der Waals surface area contributed by atoms with Gasteiger partial charge in [0.05, 0.1) is 0 Å². The van der Waals surface area contributed by atoms with E-state index in [1.807, 2.05) is 47.0 Å². The monoisotopic (exact) mass is 250 g/mol. The molecule has 1 atom stereocenters. The number of carbonyl (C=O) groups is 1. The summed E-state index contributed by atoms with van der Waals surface area (Å²) in [4.78, 5) is 13.3. The van der Waals surface area contributed by atoms with E-state index in [9.17, 15) is 4.79 Å². The van der Waals surface area contributed by atoms with Crippen molar-refractivity contribution in [1.82, 2.24) is 4.90 Å². The van der Waals surface area contributed by atoms with Crippen molar-refractivity contribution in [2.75, 3.05) is 17.6 Å². The van der Waals surface area contributed by atoms with Gasteiger partial charge in [-0.3, -0.25) is 4.79 Å². The second-order valence-corrected chi connectivity index (χ2v) is 5.52. The van der Waals surface area contributed by atoms with Crippen LogP contribution in [0.2, 0.25) is 0 Å². The van der Waals surface area contributed by atoms with E-state index in [4.69, 9.17) is 0 Å². The molecule has 1 unspecified atom stereocenters. The van der Waals surface area contributed by atoms with Crippen LogP contribution in [0.15, 0.2) is 30.3 Å². The molecule has 2 rings (SSSR count). The zero-order valence-electron chi connectivity index (χ0n) is 10.3. The standard InChI is InChI=1S/C13H18N2OS/c1-3-13(14-12-7-5-4-6-8-12)15(11(2)16)9-10-17-13/h4-8,14H,3,9-10H2,1-2H3. The Balaban J connectivity index is 2.22. The average molecular weight is 250 g/mol. The van der Waals surface area contributed by atoms with Gasteiger partial charge in [-0.2, -0.15) is 0 Å². The molecule has 1 saturated heterocycles. The summed E-state index contributed by atoms with van der Waals surface area (Å²) in [5.74, 6) is 1.13. The Kier molecular flexibility index (Phi) is 3.62. The minimum atomic E-state index is -0.271. The molecular weight excluding hydrogens is 232 g/mol. The molecule has 92 valence electrons. The molecule has 1 aromatic rings. The number of benzene rings is 1. The van der Waals surface area contributed by atoms with E-state index in [1.165, 1.54) is 0 Å². The van der Waals surface area contributed by atoms with Gasteiger partial charge in [0.2, 0.25) is 5.91 Å². The maximum Gasteiger partial charge on any atom is 0.221 e. The molecule has 1 amide bonds. The number of amides is 1. The summed E-state index contributed by atoms with van der Waals surface area (Å²) in [7, 11) is 0. The molecule has 1 N–H and O–H groups in total. The van der Waals surface area contributed by atoms with Crippen molar-refractivity contribution in [3.8, 4) is 0 Å². The second kappa shape index (κ2) is 5.00. The first-order chi connectivity index (χ1) is 8.18. The molecular formula is C13H18N2OS. The lowest BCUT2D eigenvalue weighted by atomic mass is 10.2. The molecule has 1 heterocycles. The number of nitrogens with one attached hydrogen (secondary N) is 1. The molecule has 0 aromatic heterocycles. The Hall–Kier alpha value is -1.16. The van der Waals surface area contributed by atoms with Crippen LogP contribution in [0.1, 0.15) is 20.3 Å². The average Bonchev–Trinajstić information content (AvgIpc) is 2.75. The third-order valence-corrected chi connectivity index (χ3v) is 4.54. The molecule has 0 saturated carbocycles. The molecule has 1 aromatic carbocycles. The van der Waals surface area contributed by atoms with E-state index in [2.05, 4.69) is 12.2 Å². The topological polar surface area (TPSA) is 32.3 Å². The smallest absolute Gasteiger partial charge is 0.221 e. The second-order valence-electron chi connectivity index (χ2n) is 4.15. The largest absolute Gasteiger partial charge is 0.354 e. The number of thioether (sulfide) groups is 1. The first-order valence-corrected chi connectivity index (χ1v) is 6.92. The highest BCUT2D eigenvalue weighted by Crippen LogP contribution is 2.39.